The van der Waals surface area contributed by atoms with Gasteiger partial charge in [0.05, 0.1) is 6.10 Å². The van der Waals surface area contributed by atoms with E-state index in [-0.39, 0.29) is 0 Å². The lowest BCUT2D eigenvalue weighted by molar-refractivity contribution is -0.535. The van der Waals surface area contributed by atoms with Crippen LogP contribution in [-0.4, -0.2) is 84.0 Å². The minimum Gasteiger partial charge on any atom is -0.462 e. The average Bonchev–Trinajstić information content (AvgIpc) is 3.32. The first-order chi connectivity index (χ1) is 16.3. The van der Waals surface area contributed by atoms with Gasteiger partial charge >= 0.3 is 29.8 Å². The van der Waals surface area contributed by atoms with Crippen LogP contribution in [0.1, 0.15) is 34.6 Å². The number of rotatable bonds is 11. The van der Waals surface area contributed by atoms with E-state index in [1.165, 1.54) is 6.08 Å². The lowest BCUT2D eigenvalue weighted by atomic mass is 9.80. The Morgan fingerprint density at radius 1 is 0.800 bits per heavy atom. The Kier molecular flexibility index (Phi) is 9.28. The first-order valence-electron chi connectivity index (χ1n) is 10.6. The molecule has 1 saturated heterocycles. The number of esters is 5. The topological polar surface area (TPSA) is 184 Å². The van der Waals surface area contributed by atoms with Crippen molar-refractivity contribution in [3.05, 3.63) is 22.3 Å². The summed E-state index contributed by atoms with van der Waals surface area (Å²) in [6.45, 7) is 4.55. The molecule has 0 N–H and O–H groups in total. The van der Waals surface area contributed by atoms with Gasteiger partial charge in [0.15, 0.2) is 24.4 Å². The van der Waals surface area contributed by atoms with E-state index in [1.807, 2.05) is 0 Å². The predicted octanol–water partition coefficient (Wildman–Crippen LogP) is -0.125. The van der Waals surface area contributed by atoms with Gasteiger partial charge < -0.3 is 28.4 Å². The number of nitro groups is 1. The van der Waals surface area contributed by atoms with Crippen molar-refractivity contribution >= 4 is 29.8 Å². The SMILES string of the molecule is CC(=O)OC[C@@H](OC(C)=O)[C@@H](OC(C)=O)[C@H](OC(C)=O)[C@H](OC(C)=O)[C@H]1[C@H]([N+](=O)[O-])[C@@H]2C=C[C@H]1O2. The molecule has 2 aliphatic heterocycles. The van der Waals surface area contributed by atoms with Crippen LogP contribution in [0.4, 0.5) is 0 Å². The Morgan fingerprint density at radius 3 is 1.80 bits per heavy atom. The quantitative estimate of drug-likeness (QED) is 0.120. The van der Waals surface area contributed by atoms with Crippen molar-refractivity contribution < 1.29 is 57.3 Å². The molecule has 2 heterocycles. The fraction of sp³-hybridized carbons (Fsp3) is 0.667. The molecular formula is C21H27NO13. The Hall–Kier alpha value is -3.55. The maximum absolute atomic E-state index is 12.1. The van der Waals surface area contributed by atoms with Crippen molar-refractivity contribution in [2.75, 3.05) is 6.61 Å². The minimum atomic E-state index is -1.70. The third-order valence-electron chi connectivity index (χ3n) is 5.23. The normalized spacial score (nSPS) is 25.5. The van der Waals surface area contributed by atoms with Gasteiger partial charge in [-0.15, -0.1) is 0 Å². The number of carbonyl (C=O) groups excluding carboxylic acids is 5. The molecule has 0 unspecified atom stereocenters. The zero-order valence-electron chi connectivity index (χ0n) is 19.7. The van der Waals surface area contributed by atoms with Crippen molar-refractivity contribution in [2.45, 2.75) is 77.3 Å². The summed E-state index contributed by atoms with van der Waals surface area (Å²) >= 11 is 0. The summed E-state index contributed by atoms with van der Waals surface area (Å²) in [7, 11) is 0. The number of hydrogen-bond acceptors (Lipinski definition) is 13. The summed E-state index contributed by atoms with van der Waals surface area (Å²) < 4.78 is 31.8. The van der Waals surface area contributed by atoms with E-state index < -0.39 is 90.0 Å². The molecule has 2 bridgehead atoms. The highest BCUT2D eigenvalue weighted by molar-refractivity contribution is 5.69. The van der Waals surface area contributed by atoms with E-state index in [0.717, 1.165) is 34.6 Å². The molecule has 35 heavy (non-hydrogen) atoms. The molecular weight excluding hydrogens is 474 g/mol. The van der Waals surface area contributed by atoms with Crippen molar-refractivity contribution in [2.24, 2.45) is 5.92 Å². The van der Waals surface area contributed by atoms with Crippen LogP contribution in [0.2, 0.25) is 0 Å². The summed E-state index contributed by atoms with van der Waals surface area (Å²) in [5, 5.41) is 11.9. The molecule has 0 aromatic heterocycles. The van der Waals surface area contributed by atoms with Crippen LogP contribution in [0.5, 0.6) is 0 Å². The van der Waals surface area contributed by atoms with Crippen molar-refractivity contribution in [1.29, 1.82) is 0 Å². The molecule has 8 atom stereocenters. The first-order valence-corrected chi connectivity index (χ1v) is 10.6. The summed E-state index contributed by atoms with van der Waals surface area (Å²) in [5.41, 5.74) is 0. The van der Waals surface area contributed by atoms with Crippen LogP contribution < -0.4 is 0 Å². The predicted molar refractivity (Wildman–Crippen MR) is 111 cm³/mol. The van der Waals surface area contributed by atoms with Crippen LogP contribution >= 0.6 is 0 Å². The second-order valence-electron chi connectivity index (χ2n) is 7.98. The highest BCUT2D eigenvalue weighted by Gasteiger charge is 2.61. The molecule has 0 radical (unpaired) electrons. The average molecular weight is 501 g/mol. The minimum absolute atomic E-state index is 0.608. The van der Waals surface area contributed by atoms with Gasteiger partial charge in [-0.2, -0.15) is 0 Å². The molecule has 0 amide bonds. The molecule has 1 fully saturated rings. The second-order valence-corrected chi connectivity index (χ2v) is 7.98. The van der Waals surface area contributed by atoms with E-state index in [0.29, 0.717) is 0 Å². The Morgan fingerprint density at radius 2 is 1.31 bits per heavy atom. The van der Waals surface area contributed by atoms with Gasteiger partial charge in [0.2, 0.25) is 0 Å². The van der Waals surface area contributed by atoms with Crippen LogP contribution in [0.25, 0.3) is 0 Å². The maximum atomic E-state index is 12.1. The smallest absolute Gasteiger partial charge is 0.303 e. The fourth-order valence-electron chi connectivity index (χ4n) is 4.18. The molecule has 0 saturated carbocycles. The van der Waals surface area contributed by atoms with E-state index in [4.69, 9.17) is 28.4 Å². The summed E-state index contributed by atoms with van der Waals surface area (Å²) in [6, 6.07) is -1.40. The summed E-state index contributed by atoms with van der Waals surface area (Å²) in [4.78, 5) is 70.5. The maximum Gasteiger partial charge on any atom is 0.303 e. The largest absolute Gasteiger partial charge is 0.462 e. The monoisotopic (exact) mass is 501 g/mol. The van der Waals surface area contributed by atoms with Crippen LogP contribution in [0.3, 0.4) is 0 Å². The van der Waals surface area contributed by atoms with Gasteiger partial charge in [0.25, 0.3) is 6.04 Å². The Bertz CT molecular complexity index is 900. The molecule has 0 spiro atoms. The van der Waals surface area contributed by atoms with E-state index >= 15 is 0 Å². The molecule has 0 aliphatic carbocycles. The Balaban J connectivity index is 2.61. The van der Waals surface area contributed by atoms with E-state index in [1.54, 1.807) is 6.08 Å². The van der Waals surface area contributed by atoms with Crippen LogP contribution in [-0.2, 0) is 52.4 Å². The third kappa shape index (κ3) is 7.21. The van der Waals surface area contributed by atoms with Gasteiger partial charge in [-0.25, -0.2) is 0 Å². The third-order valence-corrected chi connectivity index (χ3v) is 5.23. The lowest BCUT2D eigenvalue weighted by Crippen LogP contribution is -2.58. The highest BCUT2D eigenvalue weighted by Crippen LogP contribution is 2.41. The number of fused-ring (bicyclic) bond motifs is 2. The first kappa shape index (κ1) is 27.7. The van der Waals surface area contributed by atoms with Gasteiger partial charge in [0.1, 0.15) is 18.6 Å². The van der Waals surface area contributed by atoms with Gasteiger partial charge in [-0.1, -0.05) is 12.2 Å². The summed E-state index contributed by atoms with van der Waals surface area (Å²) in [6.07, 6.45) is -5.28. The molecule has 14 nitrogen and oxygen atoms in total. The standard InChI is InChI=1S/C21H27NO13/c1-9(23)30-8-16(31-10(2)24)19(32-11(3)25)21(34-13(5)27)20(33-12(4)26)17-14-6-7-15(35-14)18(17)22(28)29/h6-7,14-21H,8H2,1-5H3/t14-,15+,16-,17-,18-,19-,20-,21+/m1/s1. The zero-order valence-corrected chi connectivity index (χ0v) is 19.7. The van der Waals surface area contributed by atoms with Crippen molar-refractivity contribution in [3.8, 4) is 0 Å². The van der Waals surface area contributed by atoms with Crippen molar-refractivity contribution in [3.63, 3.8) is 0 Å². The molecule has 0 aromatic rings. The Labute approximate surface area is 199 Å². The van der Waals surface area contributed by atoms with Gasteiger partial charge in [0, 0.05) is 39.5 Å². The van der Waals surface area contributed by atoms with Crippen LogP contribution in [0.15, 0.2) is 12.2 Å². The number of ether oxygens (including phenoxy) is 6. The van der Waals surface area contributed by atoms with Crippen LogP contribution in [0, 0.1) is 16.0 Å². The molecule has 0 aromatic carbocycles. The lowest BCUT2D eigenvalue weighted by Gasteiger charge is -2.38. The number of carbonyl (C=O) groups is 5. The fourth-order valence-corrected chi connectivity index (χ4v) is 4.18. The van der Waals surface area contributed by atoms with Gasteiger partial charge in [-0.3, -0.25) is 34.1 Å². The molecule has 2 aliphatic rings. The van der Waals surface area contributed by atoms with Crippen molar-refractivity contribution in [1.82, 2.24) is 0 Å². The molecule has 194 valence electrons. The number of nitrogens with zero attached hydrogens (tertiary/aromatic N) is 1. The summed E-state index contributed by atoms with van der Waals surface area (Å²) in [5.74, 6) is -5.51. The highest BCUT2D eigenvalue weighted by atomic mass is 16.7. The zero-order chi connectivity index (χ0) is 26.4. The van der Waals surface area contributed by atoms with E-state index in [9.17, 15) is 34.1 Å². The van der Waals surface area contributed by atoms with E-state index in [2.05, 4.69) is 0 Å². The number of hydrogen-bond donors (Lipinski definition) is 0. The second kappa shape index (κ2) is 11.7. The molecule has 14 heteroatoms. The van der Waals surface area contributed by atoms with Gasteiger partial charge in [-0.05, 0) is 0 Å². The molecule has 2 rings (SSSR count).